The summed E-state index contributed by atoms with van der Waals surface area (Å²) in [5.74, 6) is -9.21. The molecule has 13 heteroatoms. The summed E-state index contributed by atoms with van der Waals surface area (Å²) in [5.41, 5.74) is -0.507. The highest BCUT2D eigenvalue weighted by molar-refractivity contribution is 5.64. The SMILES string of the molecule is CC1COC(C2CCC(c3ccc(-c4cc(F)c(C(F)(F)Oc5cc(F)c(OC(F)=C(F)F)c(F)c5)c(F)c4)cc3)CC2)OC1. The van der Waals surface area contributed by atoms with E-state index in [4.69, 9.17) is 9.47 Å². The zero-order chi connectivity index (χ0) is 32.5. The lowest BCUT2D eigenvalue weighted by molar-refractivity contribution is -0.226. The topological polar surface area (TPSA) is 36.9 Å². The van der Waals surface area contributed by atoms with Crippen LogP contribution in [0.3, 0.4) is 0 Å². The Balaban J connectivity index is 1.27. The number of hydrogen-bond donors (Lipinski definition) is 0. The minimum Gasteiger partial charge on any atom is -0.429 e. The van der Waals surface area contributed by atoms with E-state index in [0.29, 0.717) is 42.7 Å². The Labute approximate surface area is 252 Å². The number of ether oxygens (including phenoxy) is 4. The highest BCUT2D eigenvalue weighted by atomic mass is 19.3. The second kappa shape index (κ2) is 13.3. The molecule has 1 saturated heterocycles. The van der Waals surface area contributed by atoms with E-state index in [1.54, 1.807) is 12.1 Å². The molecule has 0 amide bonds. The molecule has 3 aromatic carbocycles. The standard InChI is InChI=1S/C32H27F9O4/c1-16-14-42-31(43-15-16)20-8-6-18(7-9-20)17-2-4-19(5-3-17)21-10-23(33)27(24(34)11-21)32(40,41)45-22-12-25(35)28(26(36)13-22)44-30(39)29(37)38/h2-5,10-13,16,18,20,31H,6-9,14-15H2,1H3. The van der Waals surface area contributed by atoms with Gasteiger partial charge in [0.05, 0.1) is 13.2 Å². The first-order valence-corrected chi connectivity index (χ1v) is 14.1. The number of alkyl halides is 2. The van der Waals surface area contributed by atoms with Crippen LogP contribution >= 0.6 is 0 Å². The summed E-state index contributed by atoms with van der Waals surface area (Å²) in [6, 6.07) is 5.69. The summed E-state index contributed by atoms with van der Waals surface area (Å²) in [7, 11) is 0. The molecule has 1 heterocycles. The summed E-state index contributed by atoms with van der Waals surface area (Å²) in [6.45, 7) is 3.42. The molecule has 2 aliphatic rings. The van der Waals surface area contributed by atoms with E-state index in [1.807, 2.05) is 12.1 Å². The van der Waals surface area contributed by atoms with Crippen LogP contribution in [0.25, 0.3) is 11.1 Å². The number of rotatable bonds is 8. The lowest BCUT2D eigenvalue weighted by Crippen LogP contribution is -2.37. The lowest BCUT2D eigenvalue weighted by Gasteiger charge is -2.37. The minimum absolute atomic E-state index is 0.0469. The predicted molar refractivity (Wildman–Crippen MR) is 143 cm³/mol. The van der Waals surface area contributed by atoms with Crippen LogP contribution < -0.4 is 9.47 Å². The fraction of sp³-hybridized carbons (Fsp3) is 0.375. The summed E-state index contributed by atoms with van der Waals surface area (Å²) < 4.78 is 145. The molecule has 4 nitrogen and oxygen atoms in total. The molecule has 0 N–H and O–H groups in total. The highest BCUT2D eigenvalue weighted by Crippen LogP contribution is 2.41. The van der Waals surface area contributed by atoms with Crippen molar-refractivity contribution in [2.45, 2.75) is 50.9 Å². The fourth-order valence-corrected chi connectivity index (χ4v) is 5.60. The Morgan fingerprint density at radius 1 is 0.756 bits per heavy atom. The zero-order valence-corrected chi connectivity index (χ0v) is 23.7. The predicted octanol–water partition coefficient (Wildman–Crippen LogP) is 9.73. The maximum Gasteiger partial charge on any atom is 0.432 e. The largest absolute Gasteiger partial charge is 0.432 e. The van der Waals surface area contributed by atoms with E-state index < -0.39 is 58.5 Å². The molecule has 0 atom stereocenters. The van der Waals surface area contributed by atoms with Gasteiger partial charge in [0.2, 0.25) is 5.75 Å². The summed E-state index contributed by atoms with van der Waals surface area (Å²) in [4.78, 5) is 0. The van der Waals surface area contributed by atoms with Crippen LogP contribution in [0.2, 0.25) is 0 Å². The molecule has 1 saturated carbocycles. The molecular formula is C32H27F9O4. The van der Waals surface area contributed by atoms with Gasteiger partial charge in [0.25, 0.3) is 0 Å². The third-order valence-corrected chi connectivity index (χ3v) is 7.85. The smallest absolute Gasteiger partial charge is 0.429 e. The number of benzene rings is 3. The van der Waals surface area contributed by atoms with Crippen molar-refractivity contribution in [1.82, 2.24) is 0 Å². The molecule has 3 aromatic rings. The fourth-order valence-electron chi connectivity index (χ4n) is 5.60. The molecule has 1 aliphatic heterocycles. The third-order valence-electron chi connectivity index (χ3n) is 7.85. The van der Waals surface area contributed by atoms with Crippen molar-refractivity contribution in [3.05, 3.63) is 95.0 Å². The summed E-state index contributed by atoms with van der Waals surface area (Å²) in [6.07, 6.45) is -4.34. The Morgan fingerprint density at radius 2 is 1.31 bits per heavy atom. The monoisotopic (exact) mass is 646 g/mol. The van der Waals surface area contributed by atoms with Crippen LogP contribution in [0, 0.1) is 35.1 Å². The first-order valence-electron chi connectivity index (χ1n) is 14.1. The van der Waals surface area contributed by atoms with Gasteiger partial charge in [-0.3, -0.25) is 0 Å². The van der Waals surface area contributed by atoms with Crippen molar-refractivity contribution in [3.63, 3.8) is 0 Å². The third kappa shape index (κ3) is 7.41. The molecule has 0 radical (unpaired) electrons. The average Bonchev–Trinajstić information content (AvgIpc) is 2.98. The lowest BCUT2D eigenvalue weighted by atomic mass is 9.78. The normalized spacial score (nSPS) is 22.2. The first-order chi connectivity index (χ1) is 21.3. The van der Waals surface area contributed by atoms with Gasteiger partial charge in [-0.25, -0.2) is 17.6 Å². The van der Waals surface area contributed by atoms with Gasteiger partial charge in [-0.1, -0.05) is 31.2 Å². The molecular weight excluding hydrogens is 619 g/mol. The van der Waals surface area contributed by atoms with E-state index in [-0.39, 0.29) is 29.9 Å². The molecule has 2 fully saturated rings. The highest BCUT2D eigenvalue weighted by Gasteiger charge is 2.42. The zero-order valence-electron chi connectivity index (χ0n) is 23.7. The van der Waals surface area contributed by atoms with Crippen molar-refractivity contribution in [1.29, 1.82) is 0 Å². The molecule has 0 unspecified atom stereocenters. The van der Waals surface area contributed by atoms with E-state index in [2.05, 4.69) is 16.4 Å². The van der Waals surface area contributed by atoms with Gasteiger partial charge in [-0.2, -0.15) is 22.0 Å². The van der Waals surface area contributed by atoms with Gasteiger partial charge in [0.1, 0.15) is 22.9 Å². The molecule has 0 bridgehead atoms. The van der Waals surface area contributed by atoms with Crippen LogP contribution in [-0.2, 0) is 15.6 Å². The van der Waals surface area contributed by atoms with E-state index >= 15 is 0 Å². The van der Waals surface area contributed by atoms with Crippen LogP contribution in [0.1, 0.15) is 49.7 Å². The number of halogens is 9. The van der Waals surface area contributed by atoms with Crippen molar-refractivity contribution in [3.8, 4) is 22.6 Å². The van der Waals surface area contributed by atoms with E-state index in [0.717, 1.165) is 31.2 Å². The molecule has 5 rings (SSSR count). The first kappa shape index (κ1) is 32.7. The van der Waals surface area contributed by atoms with Gasteiger partial charge < -0.3 is 18.9 Å². The molecule has 0 aromatic heterocycles. The van der Waals surface area contributed by atoms with Gasteiger partial charge in [0.15, 0.2) is 17.9 Å². The van der Waals surface area contributed by atoms with E-state index in [1.165, 1.54) is 0 Å². The van der Waals surface area contributed by atoms with Crippen molar-refractivity contribution in [2.24, 2.45) is 11.8 Å². The maximum absolute atomic E-state index is 14.9. The van der Waals surface area contributed by atoms with Crippen molar-refractivity contribution < 1.29 is 58.5 Å². The van der Waals surface area contributed by atoms with Gasteiger partial charge in [-0.15, -0.1) is 0 Å². The Kier molecular flexibility index (Phi) is 9.68. The van der Waals surface area contributed by atoms with Gasteiger partial charge in [0, 0.05) is 24.0 Å². The summed E-state index contributed by atoms with van der Waals surface area (Å²) >= 11 is 0. The quantitative estimate of drug-likeness (QED) is 0.180. The van der Waals surface area contributed by atoms with Crippen LogP contribution in [-0.4, -0.2) is 19.5 Å². The van der Waals surface area contributed by atoms with Crippen LogP contribution in [0.15, 0.2) is 60.6 Å². The second-order valence-electron chi connectivity index (χ2n) is 11.2. The van der Waals surface area contributed by atoms with Gasteiger partial charge >= 0.3 is 18.2 Å². The van der Waals surface area contributed by atoms with Crippen molar-refractivity contribution >= 4 is 0 Å². The second-order valence-corrected chi connectivity index (χ2v) is 11.2. The number of hydrogen-bond acceptors (Lipinski definition) is 4. The minimum atomic E-state index is -4.78. The van der Waals surface area contributed by atoms with Crippen LogP contribution in [0.5, 0.6) is 11.5 Å². The maximum atomic E-state index is 14.9. The Morgan fingerprint density at radius 3 is 1.84 bits per heavy atom. The van der Waals surface area contributed by atoms with Crippen molar-refractivity contribution in [2.75, 3.05) is 13.2 Å². The molecule has 1 aliphatic carbocycles. The van der Waals surface area contributed by atoms with E-state index in [9.17, 15) is 39.5 Å². The summed E-state index contributed by atoms with van der Waals surface area (Å²) in [5, 5.41) is 0. The molecule has 242 valence electrons. The molecule has 0 spiro atoms. The molecule has 45 heavy (non-hydrogen) atoms. The Bertz CT molecular complexity index is 1490. The average molecular weight is 647 g/mol. The Hall–Kier alpha value is -3.71. The van der Waals surface area contributed by atoms with Gasteiger partial charge in [-0.05, 0) is 60.4 Å². The van der Waals surface area contributed by atoms with Crippen LogP contribution in [0.4, 0.5) is 39.5 Å².